The van der Waals surface area contributed by atoms with E-state index < -0.39 is 0 Å². The van der Waals surface area contributed by atoms with Crippen LogP contribution in [-0.2, 0) is 4.79 Å². The summed E-state index contributed by atoms with van der Waals surface area (Å²) in [6.07, 6.45) is 3.42. The first-order chi connectivity index (χ1) is 10.7. The van der Waals surface area contributed by atoms with Crippen molar-refractivity contribution in [2.45, 2.75) is 26.7 Å². The Morgan fingerprint density at radius 2 is 2.14 bits per heavy atom. The van der Waals surface area contributed by atoms with Crippen LogP contribution in [0.3, 0.4) is 0 Å². The van der Waals surface area contributed by atoms with Crippen LogP contribution in [0.15, 0.2) is 23.8 Å². The van der Waals surface area contributed by atoms with Crippen LogP contribution in [0.1, 0.15) is 32.3 Å². The number of nitrogens with one attached hydrogen (secondary N) is 1. The Bertz CT molecular complexity index is 574. The molecule has 0 aliphatic carbocycles. The Balaban J connectivity index is 2.95. The van der Waals surface area contributed by atoms with Crippen molar-refractivity contribution in [3.8, 4) is 17.6 Å². The molecule has 0 bridgehead atoms. The lowest BCUT2D eigenvalue weighted by Gasteiger charge is -2.10. The van der Waals surface area contributed by atoms with Crippen LogP contribution in [0, 0.1) is 11.3 Å². The molecule has 5 nitrogen and oxygen atoms in total. The molecule has 118 valence electrons. The van der Waals surface area contributed by atoms with E-state index in [1.807, 2.05) is 19.9 Å². The van der Waals surface area contributed by atoms with Crippen LogP contribution in [0.2, 0.25) is 0 Å². The molecule has 0 fully saturated rings. The first-order valence-corrected chi connectivity index (χ1v) is 7.37. The molecule has 1 aromatic carbocycles. The Hall–Kier alpha value is -2.48. The minimum absolute atomic E-state index is 0.0729. The summed E-state index contributed by atoms with van der Waals surface area (Å²) in [5.41, 5.74) is 0.787. The largest absolute Gasteiger partial charge is 0.493 e. The highest BCUT2D eigenvalue weighted by molar-refractivity contribution is 6.01. The van der Waals surface area contributed by atoms with Gasteiger partial charge in [-0.25, -0.2) is 0 Å². The van der Waals surface area contributed by atoms with Crippen LogP contribution < -0.4 is 14.8 Å². The van der Waals surface area contributed by atoms with E-state index in [0.29, 0.717) is 30.2 Å². The first kappa shape index (κ1) is 17.6. The summed E-state index contributed by atoms with van der Waals surface area (Å²) >= 11 is 0. The number of hydrogen-bond acceptors (Lipinski definition) is 4. The molecule has 0 aromatic heterocycles. The molecule has 1 amide bonds. The van der Waals surface area contributed by atoms with Gasteiger partial charge in [0.25, 0.3) is 5.91 Å². The second-order valence-electron chi connectivity index (χ2n) is 4.62. The van der Waals surface area contributed by atoms with Gasteiger partial charge in [0.05, 0.1) is 13.7 Å². The van der Waals surface area contributed by atoms with E-state index in [1.165, 1.54) is 0 Å². The third-order valence-corrected chi connectivity index (χ3v) is 2.98. The highest BCUT2D eigenvalue weighted by atomic mass is 16.5. The SMILES string of the molecule is CCCCNC(=O)/C(C#N)=C/c1ccc(OC)c(OCC)c1. The molecule has 1 rings (SSSR count). The van der Waals surface area contributed by atoms with Gasteiger partial charge in [0.15, 0.2) is 11.5 Å². The van der Waals surface area contributed by atoms with Crippen molar-refractivity contribution < 1.29 is 14.3 Å². The number of hydrogen-bond donors (Lipinski definition) is 1. The molecule has 0 aliphatic heterocycles. The average molecular weight is 302 g/mol. The fourth-order valence-electron chi connectivity index (χ4n) is 1.84. The van der Waals surface area contributed by atoms with Gasteiger partial charge in [-0.2, -0.15) is 5.26 Å². The average Bonchev–Trinajstić information content (AvgIpc) is 2.53. The zero-order valence-corrected chi connectivity index (χ0v) is 13.3. The number of nitriles is 1. The van der Waals surface area contributed by atoms with Gasteiger partial charge in [-0.3, -0.25) is 4.79 Å². The molecule has 22 heavy (non-hydrogen) atoms. The second-order valence-corrected chi connectivity index (χ2v) is 4.62. The van der Waals surface area contributed by atoms with Gasteiger partial charge in [-0.15, -0.1) is 0 Å². The molecule has 0 atom stereocenters. The summed E-state index contributed by atoms with van der Waals surface area (Å²) in [5, 5.41) is 11.9. The maximum Gasteiger partial charge on any atom is 0.261 e. The number of carbonyl (C=O) groups is 1. The van der Waals surface area contributed by atoms with Crippen molar-refractivity contribution in [2.24, 2.45) is 0 Å². The van der Waals surface area contributed by atoms with Gasteiger partial charge < -0.3 is 14.8 Å². The molecule has 0 saturated carbocycles. The normalized spacial score (nSPS) is 10.7. The van der Waals surface area contributed by atoms with Gasteiger partial charge in [-0.1, -0.05) is 19.4 Å². The molecule has 1 N–H and O–H groups in total. The van der Waals surface area contributed by atoms with Crippen LogP contribution in [0.25, 0.3) is 6.08 Å². The highest BCUT2D eigenvalue weighted by Crippen LogP contribution is 2.28. The van der Waals surface area contributed by atoms with Gasteiger partial charge in [0.2, 0.25) is 0 Å². The number of ether oxygens (including phenoxy) is 2. The van der Waals surface area contributed by atoms with E-state index in [0.717, 1.165) is 12.8 Å². The van der Waals surface area contributed by atoms with E-state index in [2.05, 4.69) is 5.32 Å². The standard InChI is InChI=1S/C17H22N2O3/c1-4-6-9-19-17(20)14(12-18)10-13-7-8-15(21-3)16(11-13)22-5-2/h7-8,10-11H,4-6,9H2,1-3H3,(H,19,20)/b14-10+. The van der Waals surface area contributed by atoms with Crippen LogP contribution >= 0.6 is 0 Å². The van der Waals surface area contributed by atoms with Crippen LogP contribution in [0.4, 0.5) is 0 Å². The molecular weight excluding hydrogens is 280 g/mol. The van der Waals surface area contributed by atoms with E-state index >= 15 is 0 Å². The van der Waals surface area contributed by atoms with Crippen molar-refractivity contribution in [2.75, 3.05) is 20.3 Å². The van der Waals surface area contributed by atoms with E-state index in [9.17, 15) is 4.79 Å². The summed E-state index contributed by atoms with van der Waals surface area (Å²) in [6.45, 7) is 5.00. The smallest absolute Gasteiger partial charge is 0.261 e. The number of unbranched alkanes of at least 4 members (excludes halogenated alkanes) is 1. The molecular formula is C17H22N2O3. The lowest BCUT2D eigenvalue weighted by atomic mass is 10.1. The quantitative estimate of drug-likeness (QED) is 0.455. The van der Waals surface area contributed by atoms with Crippen LogP contribution in [0.5, 0.6) is 11.5 Å². The van der Waals surface area contributed by atoms with Crippen molar-refractivity contribution in [3.63, 3.8) is 0 Å². The Morgan fingerprint density at radius 3 is 2.73 bits per heavy atom. The maximum absolute atomic E-state index is 11.9. The molecule has 1 aromatic rings. The monoisotopic (exact) mass is 302 g/mol. The Morgan fingerprint density at radius 1 is 1.36 bits per heavy atom. The van der Waals surface area contributed by atoms with Crippen LogP contribution in [-0.4, -0.2) is 26.2 Å². The van der Waals surface area contributed by atoms with Crippen molar-refractivity contribution in [1.29, 1.82) is 5.26 Å². The Labute approximate surface area is 131 Å². The fraction of sp³-hybridized carbons (Fsp3) is 0.412. The summed E-state index contributed by atoms with van der Waals surface area (Å²) in [4.78, 5) is 11.9. The Kier molecular flexibility index (Phi) is 7.55. The lowest BCUT2D eigenvalue weighted by molar-refractivity contribution is -0.117. The predicted molar refractivity (Wildman–Crippen MR) is 85.7 cm³/mol. The third kappa shape index (κ3) is 5.13. The molecule has 0 saturated heterocycles. The second kappa shape index (κ2) is 9.46. The number of amides is 1. The number of carbonyl (C=O) groups excluding carboxylic acids is 1. The topological polar surface area (TPSA) is 71.4 Å². The van der Waals surface area contributed by atoms with E-state index in [-0.39, 0.29) is 11.5 Å². The fourth-order valence-corrected chi connectivity index (χ4v) is 1.84. The van der Waals surface area contributed by atoms with Crippen molar-refractivity contribution >= 4 is 12.0 Å². The number of methoxy groups -OCH3 is 1. The summed E-state index contributed by atoms with van der Waals surface area (Å²) in [5.74, 6) is 0.845. The predicted octanol–water partition coefficient (Wildman–Crippen LogP) is 2.92. The lowest BCUT2D eigenvalue weighted by Crippen LogP contribution is -2.25. The highest BCUT2D eigenvalue weighted by Gasteiger charge is 2.10. The number of rotatable bonds is 8. The summed E-state index contributed by atoms with van der Waals surface area (Å²) in [7, 11) is 1.56. The summed E-state index contributed by atoms with van der Waals surface area (Å²) < 4.78 is 10.7. The molecule has 5 heteroatoms. The third-order valence-electron chi connectivity index (χ3n) is 2.98. The van der Waals surface area contributed by atoms with Gasteiger partial charge in [0.1, 0.15) is 11.6 Å². The van der Waals surface area contributed by atoms with E-state index in [4.69, 9.17) is 14.7 Å². The maximum atomic E-state index is 11.9. The number of benzene rings is 1. The zero-order valence-electron chi connectivity index (χ0n) is 13.3. The van der Waals surface area contributed by atoms with Crippen molar-refractivity contribution in [3.05, 3.63) is 29.3 Å². The molecule has 0 spiro atoms. The summed E-state index contributed by atoms with van der Waals surface area (Å²) in [6, 6.07) is 7.21. The molecule has 0 aliphatic rings. The van der Waals surface area contributed by atoms with Gasteiger partial charge in [-0.05, 0) is 37.1 Å². The van der Waals surface area contributed by atoms with Gasteiger partial charge in [0, 0.05) is 6.54 Å². The minimum atomic E-state index is -0.357. The molecule has 0 unspecified atom stereocenters. The molecule has 0 heterocycles. The number of nitrogens with zero attached hydrogens (tertiary/aromatic N) is 1. The van der Waals surface area contributed by atoms with Crippen molar-refractivity contribution in [1.82, 2.24) is 5.32 Å². The molecule has 0 radical (unpaired) electrons. The van der Waals surface area contributed by atoms with E-state index in [1.54, 1.807) is 31.4 Å². The first-order valence-electron chi connectivity index (χ1n) is 7.37. The van der Waals surface area contributed by atoms with Gasteiger partial charge >= 0.3 is 0 Å². The zero-order chi connectivity index (χ0) is 16.4. The minimum Gasteiger partial charge on any atom is -0.493 e.